The maximum absolute atomic E-state index is 14.5. The van der Waals surface area contributed by atoms with Crippen LogP contribution in [0.15, 0.2) is 24.0 Å². The monoisotopic (exact) mass is 456 g/mol. The number of aryl methyl sites for hydroxylation is 1. The van der Waals surface area contributed by atoms with Crippen molar-refractivity contribution in [2.45, 2.75) is 32.4 Å². The molecule has 1 aromatic carbocycles. The van der Waals surface area contributed by atoms with E-state index in [-0.39, 0.29) is 30.0 Å². The second kappa shape index (κ2) is 7.75. The van der Waals surface area contributed by atoms with Crippen molar-refractivity contribution in [1.29, 1.82) is 0 Å². The third-order valence-corrected chi connectivity index (χ3v) is 5.48. The summed E-state index contributed by atoms with van der Waals surface area (Å²) >= 11 is 6.17. The highest BCUT2D eigenvalue weighted by Crippen LogP contribution is 2.27. The lowest BCUT2D eigenvalue weighted by atomic mass is 10.1. The number of nitrogens with zero attached hydrogens (tertiary/aromatic N) is 4. The maximum atomic E-state index is 14.5. The third-order valence-electron chi connectivity index (χ3n) is 5.13. The van der Waals surface area contributed by atoms with Crippen LogP contribution in [0.3, 0.4) is 0 Å². The highest BCUT2D eigenvalue weighted by Gasteiger charge is 2.26. The van der Waals surface area contributed by atoms with E-state index in [0.717, 1.165) is 12.8 Å². The zero-order valence-corrected chi connectivity index (χ0v) is 17.6. The van der Waals surface area contributed by atoms with Crippen LogP contribution in [0.25, 0.3) is 11.7 Å². The first-order valence-electron chi connectivity index (χ1n) is 9.93. The quantitative estimate of drug-likeness (QED) is 0.332. The number of imide groups is 1. The molecule has 10 nitrogen and oxygen atoms in total. The van der Waals surface area contributed by atoms with Crippen molar-refractivity contribution in [2.24, 2.45) is 0 Å². The van der Waals surface area contributed by atoms with Gasteiger partial charge < -0.3 is 16.0 Å². The van der Waals surface area contributed by atoms with Crippen LogP contribution in [0, 0.1) is 12.7 Å². The molecule has 3 heterocycles. The van der Waals surface area contributed by atoms with E-state index in [1.165, 1.54) is 16.8 Å². The average molecular weight is 457 g/mol. The highest BCUT2D eigenvalue weighted by molar-refractivity contribution is 6.31. The molecule has 4 N–H and O–H groups in total. The summed E-state index contributed by atoms with van der Waals surface area (Å²) in [6, 6.07) is 2.95. The van der Waals surface area contributed by atoms with Gasteiger partial charge in [0, 0.05) is 28.7 Å². The Balaban J connectivity index is 1.51. The molecule has 1 aliphatic heterocycles. The molecule has 164 valence electrons. The summed E-state index contributed by atoms with van der Waals surface area (Å²) in [5.74, 6) is -0.235. The minimum atomic E-state index is -0.595. The van der Waals surface area contributed by atoms with E-state index in [2.05, 4.69) is 36.3 Å². The number of hydrogen-bond donors (Lipinski definition) is 4. The van der Waals surface area contributed by atoms with E-state index >= 15 is 0 Å². The Morgan fingerprint density at radius 2 is 2.09 bits per heavy atom. The standard InChI is InChI=1S/C20H18ClFN8O2/c1-9-2-5-13(21)12(15(9)22)8-23-18-27-16-10(6-14-17(31)28-20(32)26-14)7-24-30(16)19(29-18)25-11-3-4-11/h2,5-7,11H,3-4,8H2,1H3,(H2,23,25,27,29)(H2,26,28,31,32)/b14-6-. The highest BCUT2D eigenvalue weighted by atomic mass is 35.5. The third kappa shape index (κ3) is 3.82. The van der Waals surface area contributed by atoms with Crippen molar-refractivity contribution in [3.8, 4) is 0 Å². The molecule has 2 aromatic heterocycles. The van der Waals surface area contributed by atoms with Gasteiger partial charge in [-0.2, -0.15) is 19.6 Å². The molecule has 12 heteroatoms. The van der Waals surface area contributed by atoms with Gasteiger partial charge in [0.05, 0.1) is 6.20 Å². The predicted octanol–water partition coefficient (Wildman–Crippen LogP) is 2.59. The molecule has 3 aromatic rings. The van der Waals surface area contributed by atoms with E-state index in [9.17, 15) is 14.0 Å². The van der Waals surface area contributed by atoms with E-state index in [1.54, 1.807) is 19.1 Å². The Morgan fingerprint density at radius 3 is 2.81 bits per heavy atom. The normalized spacial score (nSPS) is 17.0. The molecule has 5 rings (SSSR count). The lowest BCUT2D eigenvalue weighted by Crippen LogP contribution is -2.22. The minimum absolute atomic E-state index is 0.0778. The molecule has 2 aliphatic rings. The van der Waals surface area contributed by atoms with Crippen molar-refractivity contribution in [3.05, 3.63) is 51.6 Å². The van der Waals surface area contributed by atoms with E-state index in [4.69, 9.17) is 11.6 Å². The minimum Gasteiger partial charge on any atom is -0.351 e. The van der Waals surface area contributed by atoms with Crippen molar-refractivity contribution < 1.29 is 14.0 Å². The first kappa shape index (κ1) is 20.2. The van der Waals surface area contributed by atoms with Crippen LogP contribution in [0.2, 0.25) is 5.02 Å². The number of carbonyl (C=O) groups is 2. The summed E-state index contributed by atoms with van der Waals surface area (Å²) in [4.78, 5) is 32.3. The Bertz CT molecular complexity index is 1300. The molecule has 32 heavy (non-hydrogen) atoms. The van der Waals surface area contributed by atoms with Gasteiger partial charge in [0.2, 0.25) is 11.9 Å². The second-order valence-corrected chi connectivity index (χ2v) is 8.01. The average Bonchev–Trinajstić information content (AvgIpc) is 3.39. The summed E-state index contributed by atoms with van der Waals surface area (Å²) in [7, 11) is 0. The summed E-state index contributed by atoms with van der Waals surface area (Å²) in [5, 5.41) is 15.5. The number of anilines is 2. The van der Waals surface area contributed by atoms with Crippen LogP contribution in [-0.2, 0) is 11.3 Å². The topological polar surface area (TPSA) is 125 Å². The zero-order chi connectivity index (χ0) is 22.4. The number of halogens is 2. The van der Waals surface area contributed by atoms with Gasteiger partial charge in [-0.1, -0.05) is 17.7 Å². The van der Waals surface area contributed by atoms with Gasteiger partial charge in [-0.05, 0) is 37.5 Å². The Kier molecular flexibility index (Phi) is 4.89. The Labute approximate surface area is 186 Å². The number of nitrogens with one attached hydrogen (secondary N) is 4. The first-order chi connectivity index (χ1) is 15.4. The number of hydrogen-bond acceptors (Lipinski definition) is 7. The van der Waals surface area contributed by atoms with Crippen molar-refractivity contribution in [1.82, 2.24) is 30.2 Å². The molecule has 1 saturated heterocycles. The van der Waals surface area contributed by atoms with Gasteiger partial charge >= 0.3 is 6.03 Å². The number of urea groups is 1. The summed E-state index contributed by atoms with van der Waals surface area (Å²) in [6.07, 6.45) is 5.04. The molecule has 0 bridgehead atoms. The molecule has 0 atom stereocenters. The molecule has 0 unspecified atom stereocenters. The number of benzene rings is 1. The molecule has 0 radical (unpaired) electrons. The smallest absolute Gasteiger partial charge is 0.326 e. The van der Waals surface area contributed by atoms with Gasteiger partial charge in [-0.15, -0.1) is 0 Å². The largest absolute Gasteiger partial charge is 0.351 e. The maximum Gasteiger partial charge on any atom is 0.326 e. The van der Waals surface area contributed by atoms with Gasteiger partial charge in [0.25, 0.3) is 5.91 Å². The number of rotatable bonds is 6. The fraction of sp³-hybridized carbons (Fsp3) is 0.250. The van der Waals surface area contributed by atoms with Gasteiger partial charge in [-0.25, -0.2) is 9.18 Å². The molecule has 3 amide bonds. The van der Waals surface area contributed by atoms with E-state index in [1.807, 2.05) is 0 Å². The number of fused-ring (bicyclic) bond motifs is 1. The summed E-state index contributed by atoms with van der Waals surface area (Å²) in [6.45, 7) is 1.74. The Morgan fingerprint density at radius 1 is 1.28 bits per heavy atom. The van der Waals surface area contributed by atoms with Crippen molar-refractivity contribution >= 4 is 47.2 Å². The van der Waals surface area contributed by atoms with Crippen LogP contribution in [0.5, 0.6) is 0 Å². The number of aromatic nitrogens is 4. The second-order valence-electron chi connectivity index (χ2n) is 7.60. The van der Waals surface area contributed by atoms with Crippen molar-refractivity contribution in [2.75, 3.05) is 10.6 Å². The fourth-order valence-corrected chi connectivity index (χ4v) is 3.47. The lowest BCUT2D eigenvalue weighted by molar-refractivity contribution is -0.115. The van der Waals surface area contributed by atoms with Crippen LogP contribution >= 0.6 is 11.6 Å². The van der Waals surface area contributed by atoms with Crippen LogP contribution < -0.4 is 21.3 Å². The SMILES string of the molecule is Cc1ccc(Cl)c(CNc2nc(NC3CC3)n3ncc(/C=C4\NC(=O)NC4=O)c3n2)c1F. The number of amides is 3. The van der Waals surface area contributed by atoms with Crippen LogP contribution in [0.4, 0.5) is 21.1 Å². The Hall–Kier alpha value is -3.73. The molecule has 0 spiro atoms. The predicted molar refractivity (Wildman–Crippen MR) is 116 cm³/mol. The summed E-state index contributed by atoms with van der Waals surface area (Å²) < 4.78 is 16.0. The van der Waals surface area contributed by atoms with Gasteiger partial charge in [0.1, 0.15) is 11.5 Å². The van der Waals surface area contributed by atoms with Crippen LogP contribution in [0.1, 0.15) is 29.5 Å². The van der Waals surface area contributed by atoms with E-state index < -0.39 is 11.9 Å². The zero-order valence-electron chi connectivity index (χ0n) is 16.9. The van der Waals surface area contributed by atoms with Gasteiger partial charge in [-0.3, -0.25) is 10.1 Å². The molecular weight excluding hydrogens is 439 g/mol. The van der Waals surface area contributed by atoms with Crippen LogP contribution in [-0.4, -0.2) is 37.6 Å². The first-order valence-corrected chi connectivity index (χ1v) is 10.3. The molecule has 2 fully saturated rings. The fourth-order valence-electron chi connectivity index (χ4n) is 3.26. The molecular formula is C20H18ClFN8O2. The van der Waals surface area contributed by atoms with Gasteiger partial charge in [0.15, 0.2) is 5.65 Å². The molecule has 1 saturated carbocycles. The van der Waals surface area contributed by atoms with Crippen molar-refractivity contribution in [3.63, 3.8) is 0 Å². The lowest BCUT2D eigenvalue weighted by Gasteiger charge is -2.12. The summed E-state index contributed by atoms with van der Waals surface area (Å²) in [5.41, 5.74) is 1.79. The van der Waals surface area contributed by atoms with E-state index in [0.29, 0.717) is 33.3 Å². The molecule has 1 aliphatic carbocycles. The number of carbonyl (C=O) groups excluding carboxylic acids is 2.